The molecule has 2 rings (SSSR count). The highest BCUT2D eigenvalue weighted by Gasteiger charge is 2.30. The molecule has 1 aliphatic rings. The number of hydrogen-bond donors (Lipinski definition) is 2. The average Bonchev–Trinajstić information content (AvgIpc) is 2.83. The Labute approximate surface area is 200 Å². The molecule has 1 heterocycles. The van der Waals surface area contributed by atoms with Crippen LogP contribution in [-0.2, 0) is 30.3 Å². The van der Waals surface area contributed by atoms with Crippen LogP contribution in [-0.4, -0.2) is 93.0 Å². The van der Waals surface area contributed by atoms with Gasteiger partial charge in [0.25, 0.3) is 0 Å². The van der Waals surface area contributed by atoms with Crippen LogP contribution in [0.3, 0.4) is 0 Å². The number of nitrogens with one attached hydrogen (secondary N) is 2. The molecule has 0 bridgehead atoms. The summed E-state index contributed by atoms with van der Waals surface area (Å²) in [5.74, 6) is -0.407. The molecule has 0 aliphatic carbocycles. The van der Waals surface area contributed by atoms with Gasteiger partial charge in [0.15, 0.2) is 0 Å². The van der Waals surface area contributed by atoms with Gasteiger partial charge >= 0.3 is 0 Å². The third kappa shape index (κ3) is 8.02. The number of ether oxygens (including phenoxy) is 2. The summed E-state index contributed by atoms with van der Waals surface area (Å²) in [6.45, 7) is 2.80. The molecule has 34 heavy (non-hydrogen) atoms. The number of carbonyl (C=O) groups excluding carboxylic acids is 4. The van der Waals surface area contributed by atoms with Crippen LogP contribution in [0.4, 0.5) is 0 Å². The Morgan fingerprint density at radius 1 is 1.09 bits per heavy atom. The number of carbonyl (C=O) groups is 4. The largest absolute Gasteiger partial charge is 0.497 e. The normalized spacial score (nSPS) is 21.2. The van der Waals surface area contributed by atoms with Crippen LogP contribution in [0.25, 0.3) is 0 Å². The molecule has 10 nitrogen and oxygen atoms in total. The zero-order valence-corrected chi connectivity index (χ0v) is 20.5. The van der Waals surface area contributed by atoms with Crippen LogP contribution in [0.1, 0.15) is 31.7 Å². The van der Waals surface area contributed by atoms with Crippen LogP contribution >= 0.6 is 0 Å². The lowest BCUT2D eigenvalue weighted by Gasteiger charge is -2.29. The van der Waals surface area contributed by atoms with Gasteiger partial charge in [0.05, 0.1) is 7.11 Å². The second-order valence-electron chi connectivity index (χ2n) is 8.36. The summed E-state index contributed by atoms with van der Waals surface area (Å²) in [4.78, 5) is 53.9. The number of methoxy groups -OCH3 is 2. The number of hydrogen-bond acceptors (Lipinski definition) is 6. The van der Waals surface area contributed by atoms with Crippen molar-refractivity contribution in [3.63, 3.8) is 0 Å². The van der Waals surface area contributed by atoms with E-state index in [2.05, 4.69) is 10.6 Å². The molecular weight excluding hydrogens is 440 g/mol. The van der Waals surface area contributed by atoms with Gasteiger partial charge in [-0.1, -0.05) is 12.1 Å². The van der Waals surface area contributed by atoms with Crippen molar-refractivity contribution >= 4 is 23.6 Å². The summed E-state index contributed by atoms with van der Waals surface area (Å²) >= 11 is 0. The first-order valence-corrected chi connectivity index (χ1v) is 11.5. The second kappa shape index (κ2) is 13.5. The van der Waals surface area contributed by atoms with Crippen LogP contribution in [0, 0.1) is 0 Å². The molecule has 1 aliphatic heterocycles. The first-order valence-electron chi connectivity index (χ1n) is 11.5. The lowest BCUT2D eigenvalue weighted by atomic mass is 10.0. The number of amides is 4. The second-order valence-corrected chi connectivity index (χ2v) is 8.36. The minimum Gasteiger partial charge on any atom is -0.497 e. The van der Waals surface area contributed by atoms with Crippen molar-refractivity contribution in [2.75, 3.05) is 47.5 Å². The van der Waals surface area contributed by atoms with Gasteiger partial charge in [-0.25, -0.2) is 0 Å². The highest BCUT2D eigenvalue weighted by atomic mass is 16.5. The highest BCUT2D eigenvalue weighted by Crippen LogP contribution is 2.14. The van der Waals surface area contributed by atoms with Crippen LogP contribution in [0.5, 0.6) is 5.75 Å². The van der Waals surface area contributed by atoms with E-state index in [-0.39, 0.29) is 43.1 Å². The van der Waals surface area contributed by atoms with Crippen LogP contribution in [0.15, 0.2) is 24.3 Å². The number of nitrogens with zero attached hydrogens (tertiary/aromatic N) is 2. The Hall–Kier alpha value is -3.14. The summed E-state index contributed by atoms with van der Waals surface area (Å²) < 4.78 is 10.1. The van der Waals surface area contributed by atoms with E-state index in [9.17, 15) is 19.2 Å². The number of likely N-dealkylation sites (N-methyl/N-ethyl adjacent to an activating group) is 1. The van der Waals surface area contributed by atoms with Gasteiger partial charge in [-0.05, 0) is 37.5 Å². The fraction of sp³-hybridized carbons (Fsp3) is 0.583. The van der Waals surface area contributed by atoms with Crippen molar-refractivity contribution in [3.8, 4) is 5.75 Å². The standard InChI is InChI=1S/C24H36N4O6/c1-17-23(31)25-12-6-14-28(22(30)16-33-3)13-5-7-21(29)26-20(24(32)27(17)2)15-18-8-10-19(34-4)11-9-18/h8-11,17,20H,5-7,12-16H2,1-4H3,(H,25,31)(H,26,29)/t17-,20-/m0/s1. The van der Waals surface area contributed by atoms with Gasteiger partial charge in [0.1, 0.15) is 24.4 Å². The van der Waals surface area contributed by atoms with Gasteiger partial charge < -0.3 is 29.9 Å². The fourth-order valence-electron chi connectivity index (χ4n) is 3.71. The maximum absolute atomic E-state index is 13.3. The van der Waals surface area contributed by atoms with E-state index in [0.29, 0.717) is 38.2 Å². The molecule has 0 spiro atoms. The van der Waals surface area contributed by atoms with E-state index in [1.54, 1.807) is 38.1 Å². The molecule has 1 aromatic carbocycles. The lowest BCUT2D eigenvalue weighted by molar-refractivity contribution is -0.141. The predicted octanol–water partition coefficient (Wildman–Crippen LogP) is 0.345. The molecule has 2 N–H and O–H groups in total. The molecule has 10 heteroatoms. The highest BCUT2D eigenvalue weighted by molar-refractivity contribution is 5.92. The van der Waals surface area contributed by atoms with Crippen LogP contribution in [0.2, 0.25) is 0 Å². The number of benzene rings is 1. The monoisotopic (exact) mass is 476 g/mol. The molecule has 0 saturated carbocycles. The van der Waals surface area contributed by atoms with Crippen molar-refractivity contribution in [1.82, 2.24) is 20.4 Å². The molecule has 0 unspecified atom stereocenters. The zero-order chi connectivity index (χ0) is 25.1. The van der Waals surface area contributed by atoms with E-state index < -0.39 is 12.1 Å². The zero-order valence-electron chi connectivity index (χ0n) is 20.5. The van der Waals surface area contributed by atoms with E-state index >= 15 is 0 Å². The average molecular weight is 477 g/mol. The topological polar surface area (TPSA) is 117 Å². The third-order valence-electron chi connectivity index (χ3n) is 5.90. The molecule has 1 fully saturated rings. The Morgan fingerprint density at radius 2 is 1.76 bits per heavy atom. The minimum atomic E-state index is -0.836. The van der Waals surface area contributed by atoms with Crippen molar-refractivity contribution in [1.29, 1.82) is 0 Å². The van der Waals surface area contributed by atoms with E-state index in [4.69, 9.17) is 9.47 Å². The molecule has 188 valence electrons. The summed E-state index contributed by atoms with van der Waals surface area (Å²) in [6.07, 6.45) is 1.44. The lowest BCUT2D eigenvalue weighted by Crippen LogP contribution is -2.54. The van der Waals surface area contributed by atoms with Crippen molar-refractivity contribution in [2.24, 2.45) is 0 Å². The number of rotatable bonds is 5. The third-order valence-corrected chi connectivity index (χ3v) is 5.90. The fourth-order valence-corrected chi connectivity index (χ4v) is 3.71. The van der Waals surface area contributed by atoms with E-state index in [1.807, 2.05) is 12.1 Å². The van der Waals surface area contributed by atoms with Crippen molar-refractivity contribution in [3.05, 3.63) is 29.8 Å². The summed E-state index contributed by atoms with van der Waals surface area (Å²) in [6, 6.07) is 5.70. The molecule has 1 saturated heterocycles. The smallest absolute Gasteiger partial charge is 0.248 e. The van der Waals surface area contributed by atoms with Gasteiger partial charge in [0, 0.05) is 46.6 Å². The molecule has 4 amide bonds. The summed E-state index contributed by atoms with van der Waals surface area (Å²) in [7, 11) is 4.59. The molecule has 1 aromatic rings. The maximum atomic E-state index is 13.3. The van der Waals surface area contributed by atoms with Crippen molar-refractivity contribution in [2.45, 2.75) is 44.7 Å². The summed E-state index contributed by atoms with van der Waals surface area (Å²) in [5, 5.41) is 5.65. The Kier molecular flexibility index (Phi) is 10.8. The maximum Gasteiger partial charge on any atom is 0.248 e. The first kappa shape index (κ1) is 27.1. The van der Waals surface area contributed by atoms with E-state index in [1.165, 1.54) is 12.0 Å². The molecule has 0 radical (unpaired) electrons. The van der Waals surface area contributed by atoms with Gasteiger partial charge in [-0.3, -0.25) is 19.2 Å². The molecular formula is C24H36N4O6. The summed E-state index contributed by atoms with van der Waals surface area (Å²) in [5.41, 5.74) is 0.846. The SMILES string of the molecule is COCC(=O)N1CCCNC(=O)[C@H](C)N(C)C(=O)[C@H](Cc2ccc(OC)cc2)NC(=O)CCC1. The first-order chi connectivity index (χ1) is 16.3. The van der Waals surface area contributed by atoms with Crippen molar-refractivity contribution < 1.29 is 28.7 Å². The Bertz CT molecular complexity index is 844. The Morgan fingerprint density at radius 3 is 2.41 bits per heavy atom. The Balaban J connectivity index is 2.21. The predicted molar refractivity (Wildman–Crippen MR) is 126 cm³/mol. The van der Waals surface area contributed by atoms with E-state index in [0.717, 1.165) is 5.56 Å². The quantitative estimate of drug-likeness (QED) is 0.633. The molecule has 0 aromatic heterocycles. The van der Waals surface area contributed by atoms with Gasteiger partial charge in [-0.2, -0.15) is 0 Å². The molecule has 2 atom stereocenters. The van der Waals surface area contributed by atoms with Crippen LogP contribution < -0.4 is 15.4 Å². The van der Waals surface area contributed by atoms with Gasteiger partial charge in [-0.15, -0.1) is 0 Å². The van der Waals surface area contributed by atoms with Gasteiger partial charge in [0.2, 0.25) is 23.6 Å². The minimum absolute atomic E-state index is 0.0428.